The van der Waals surface area contributed by atoms with Gasteiger partial charge >= 0.3 is 0 Å². The third-order valence-corrected chi connectivity index (χ3v) is 4.87. The van der Waals surface area contributed by atoms with E-state index < -0.39 is 0 Å². The van der Waals surface area contributed by atoms with Crippen LogP contribution < -0.4 is 10.1 Å². The number of para-hydroxylation sites is 1. The predicted octanol–water partition coefficient (Wildman–Crippen LogP) is 2.40. The summed E-state index contributed by atoms with van der Waals surface area (Å²) in [6.07, 6.45) is 4.45. The van der Waals surface area contributed by atoms with Crippen molar-refractivity contribution in [2.24, 2.45) is 0 Å². The Hall–Kier alpha value is -1.89. The first-order chi connectivity index (χ1) is 12.8. The minimum atomic E-state index is 0.325. The fraction of sp³-hybridized carbons (Fsp3) is 0.550. The molecule has 0 amide bonds. The van der Waals surface area contributed by atoms with Gasteiger partial charge in [0.15, 0.2) is 0 Å². The second kappa shape index (κ2) is 9.71. The molecule has 0 bridgehead atoms. The largest absolute Gasteiger partial charge is 0.491 e. The molecule has 0 atom stereocenters. The maximum absolute atomic E-state index is 5.92. The van der Waals surface area contributed by atoms with Gasteiger partial charge in [-0.2, -0.15) is 5.10 Å². The van der Waals surface area contributed by atoms with E-state index in [0.717, 1.165) is 38.2 Å². The molecule has 0 spiro atoms. The number of aromatic nitrogens is 2. The van der Waals surface area contributed by atoms with Crippen molar-refractivity contribution in [3.05, 3.63) is 47.8 Å². The van der Waals surface area contributed by atoms with Crippen LogP contribution in [0, 0.1) is 0 Å². The second-order valence-corrected chi connectivity index (χ2v) is 6.96. The van der Waals surface area contributed by atoms with E-state index in [1.165, 1.54) is 11.3 Å². The molecule has 0 aliphatic heterocycles. The van der Waals surface area contributed by atoms with Crippen molar-refractivity contribution in [1.29, 1.82) is 0 Å². The maximum Gasteiger partial charge on any atom is 0.119 e. The molecular formula is C20H30N4O2. The number of nitrogens with one attached hydrogen (secondary N) is 2. The molecule has 1 aromatic carbocycles. The summed E-state index contributed by atoms with van der Waals surface area (Å²) in [7, 11) is 4.13. The monoisotopic (exact) mass is 358 g/mol. The summed E-state index contributed by atoms with van der Waals surface area (Å²) in [5.41, 5.74) is 2.51. The summed E-state index contributed by atoms with van der Waals surface area (Å²) in [5, 5.41) is 10.7. The van der Waals surface area contributed by atoms with Crippen LogP contribution in [-0.2, 0) is 11.3 Å². The van der Waals surface area contributed by atoms with E-state index in [-0.39, 0.29) is 0 Å². The van der Waals surface area contributed by atoms with Gasteiger partial charge in [-0.3, -0.25) is 5.10 Å². The average molecular weight is 358 g/mol. The number of rotatable bonds is 11. The Kier molecular flexibility index (Phi) is 7.05. The summed E-state index contributed by atoms with van der Waals surface area (Å²) >= 11 is 0. The highest BCUT2D eigenvalue weighted by atomic mass is 16.5. The molecule has 1 heterocycles. The molecule has 1 aliphatic rings. The average Bonchev–Trinajstić information content (AvgIpc) is 3.06. The first-order valence-corrected chi connectivity index (χ1v) is 9.41. The van der Waals surface area contributed by atoms with Gasteiger partial charge in [0, 0.05) is 37.3 Å². The highest BCUT2D eigenvalue weighted by Crippen LogP contribution is 2.39. The third-order valence-electron chi connectivity index (χ3n) is 4.87. The van der Waals surface area contributed by atoms with Crippen molar-refractivity contribution in [2.75, 3.05) is 40.4 Å². The predicted molar refractivity (Wildman–Crippen MR) is 103 cm³/mol. The first kappa shape index (κ1) is 18.9. The van der Waals surface area contributed by atoms with Gasteiger partial charge in [-0.25, -0.2) is 0 Å². The topological polar surface area (TPSA) is 62.4 Å². The number of aromatic amines is 1. The summed E-state index contributed by atoms with van der Waals surface area (Å²) in [5.74, 6) is 1.40. The molecule has 0 radical (unpaired) electrons. The van der Waals surface area contributed by atoms with Gasteiger partial charge in [-0.15, -0.1) is 0 Å². The van der Waals surface area contributed by atoms with Crippen LogP contribution in [0.25, 0.3) is 0 Å². The standard InChI is InChI=1S/C20H30N4O2/c1-21-8-9-24(2)15-17-14-22-23-20(17)16-12-19(13-16)26-11-10-25-18-6-4-3-5-7-18/h3-7,14,16,19,21H,8-13,15H2,1-2H3,(H,22,23). The highest BCUT2D eigenvalue weighted by Gasteiger charge is 2.34. The summed E-state index contributed by atoms with van der Waals surface area (Å²) in [4.78, 5) is 2.32. The van der Waals surface area contributed by atoms with Crippen molar-refractivity contribution >= 4 is 0 Å². The van der Waals surface area contributed by atoms with Crippen LogP contribution in [0.4, 0.5) is 0 Å². The molecule has 2 aromatic rings. The van der Waals surface area contributed by atoms with Crippen LogP contribution in [0.3, 0.4) is 0 Å². The van der Waals surface area contributed by atoms with E-state index in [0.29, 0.717) is 25.2 Å². The summed E-state index contributed by atoms with van der Waals surface area (Å²) in [6.45, 7) is 4.18. The van der Waals surface area contributed by atoms with E-state index in [1.807, 2.05) is 43.6 Å². The Morgan fingerprint density at radius 1 is 1.23 bits per heavy atom. The molecule has 1 aromatic heterocycles. The minimum Gasteiger partial charge on any atom is -0.491 e. The Bertz CT molecular complexity index is 640. The van der Waals surface area contributed by atoms with E-state index in [9.17, 15) is 0 Å². The molecule has 142 valence electrons. The Balaban J connectivity index is 1.35. The van der Waals surface area contributed by atoms with Crippen molar-refractivity contribution in [3.63, 3.8) is 0 Å². The minimum absolute atomic E-state index is 0.325. The number of benzene rings is 1. The van der Waals surface area contributed by atoms with Gasteiger partial charge in [0.2, 0.25) is 0 Å². The molecule has 26 heavy (non-hydrogen) atoms. The van der Waals surface area contributed by atoms with Crippen LogP contribution in [0.1, 0.15) is 30.0 Å². The van der Waals surface area contributed by atoms with Gasteiger partial charge in [0.05, 0.1) is 18.4 Å². The van der Waals surface area contributed by atoms with Gasteiger partial charge < -0.3 is 19.7 Å². The molecule has 1 fully saturated rings. The lowest BCUT2D eigenvalue weighted by Crippen LogP contribution is -2.32. The van der Waals surface area contributed by atoms with E-state index in [1.54, 1.807) is 0 Å². The van der Waals surface area contributed by atoms with Crippen LogP contribution in [0.15, 0.2) is 36.5 Å². The molecule has 6 heteroatoms. The zero-order chi connectivity index (χ0) is 18.2. The van der Waals surface area contributed by atoms with Gasteiger partial charge in [0.25, 0.3) is 0 Å². The highest BCUT2D eigenvalue weighted by molar-refractivity contribution is 5.23. The lowest BCUT2D eigenvalue weighted by Gasteiger charge is -2.34. The maximum atomic E-state index is 5.92. The number of ether oxygens (including phenoxy) is 2. The fourth-order valence-electron chi connectivity index (χ4n) is 3.29. The Morgan fingerprint density at radius 3 is 2.81 bits per heavy atom. The van der Waals surface area contributed by atoms with E-state index in [4.69, 9.17) is 9.47 Å². The zero-order valence-corrected chi connectivity index (χ0v) is 15.8. The smallest absolute Gasteiger partial charge is 0.119 e. The molecule has 0 saturated heterocycles. The summed E-state index contributed by atoms with van der Waals surface area (Å²) in [6, 6.07) is 9.87. The second-order valence-electron chi connectivity index (χ2n) is 6.96. The van der Waals surface area contributed by atoms with Crippen LogP contribution in [0.5, 0.6) is 5.75 Å². The van der Waals surface area contributed by atoms with Gasteiger partial charge in [-0.05, 0) is 39.1 Å². The van der Waals surface area contributed by atoms with E-state index >= 15 is 0 Å². The molecule has 0 unspecified atom stereocenters. The van der Waals surface area contributed by atoms with Crippen LogP contribution in [0.2, 0.25) is 0 Å². The lowest BCUT2D eigenvalue weighted by atomic mass is 9.79. The molecule has 3 rings (SSSR count). The molecule has 1 saturated carbocycles. The van der Waals surface area contributed by atoms with Crippen LogP contribution >= 0.6 is 0 Å². The Labute approximate surface area is 155 Å². The third kappa shape index (κ3) is 5.30. The van der Waals surface area contributed by atoms with Crippen molar-refractivity contribution in [3.8, 4) is 5.75 Å². The number of likely N-dealkylation sites (N-methyl/N-ethyl adjacent to an activating group) is 2. The number of H-pyrrole nitrogens is 1. The van der Waals surface area contributed by atoms with E-state index in [2.05, 4.69) is 27.5 Å². The van der Waals surface area contributed by atoms with Gasteiger partial charge in [0.1, 0.15) is 12.4 Å². The zero-order valence-electron chi connectivity index (χ0n) is 15.8. The van der Waals surface area contributed by atoms with Crippen LogP contribution in [-0.4, -0.2) is 61.6 Å². The summed E-state index contributed by atoms with van der Waals surface area (Å²) < 4.78 is 11.6. The Morgan fingerprint density at radius 2 is 2.04 bits per heavy atom. The fourth-order valence-corrected chi connectivity index (χ4v) is 3.29. The molecular weight excluding hydrogens is 328 g/mol. The van der Waals surface area contributed by atoms with Crippen molar-refractivity contribution in [1.82, 2.24) is 20.4 Å². The number of hydrogen-bond acceptors (Lipinski definition) is 5. The first-order valence-electron chi connectivity index (χ1n) is 9.41. The normalized spacial score (nSPS) is 19.5. The van der Waals surface area contributed by atoms with Gasteiger partial charge in [-0.1, -0.05) is 18.2 Å². The number of hydrogen-bond donors (Lipinski definition) is 2. The quantitative estimate of drug-likeness (QED) is 0.604. The van der Waals surface area contributed by atoms with Crippen molar-refractivity contribution in [2.45, 2.75) is 31.4 Å². The lowest BCUT2D eigenvalue weighted by molar-refractivity contribution is -0.0224. The molecule has 6 nitrogen and oxygen atoms in total. The molecule has 1 aliphatic carbocycles. The number of nitrogens with zero attached hydrogens (tertiary/aromatic N) is 2. The SMILES string of the molecule is CNCCN(C)Cc1c[nH]nc1C1CC(OCCOc2ccccc2)C1. The molecule has 2 N–H and O–H groups in total. The van der Waals surface area contributed by atoms with Crippen molar-refractivity contribution < 1.29 is 9.47 Å².